The SMILES string of the molecule is CC(C(=O)O)N(C(=O)c1ccc2c(c1)CCC2)C1CC1. The Labute approximate surface area is 118 Å². The van der Waals surface area contributed by atoms with E-state index in [1.165, 1.54) is 11.1 Å². The quantitative estimate of drug-likeness (QED) is 0.915. The number of carboxylic acid groups (broad SMARTS) is 1. The monoisotopic (exact) mass is 273 g/mol. The third kappa shape index (κ3) is 2.30. The maximum atomic E-state index is 12.6. The van der Waals surface area contributed by atoms with Gasteiger partial charge < -0.3 is 10.0 Å². The summed E-state index contributed by atoms with van der Waals surface area (Å²) in [5.41, 5.74) is 3.20. The minimum absolute atomic E-state index is 0.0989. The number of aliphatic carboxylic acids is 1. The summed E-state index contributed by atoms with van der Waals surface area (Å²) in [4.78, 5) is 25.4. The molecule has 20 heavy (non-hydrogen) atoms. The van der Waals surface area contributed by atoms with Crippen molar-refractivity contribution in [3.8, 4) is 0 Å². The molecule has 1 aromatic rings. The molecule has 2 aliphatic rings. The average molecular weight is 273 g/mol. The number of carbonyl (C=O) groups excluding carboxylic acids is 1. The number of aryl methyl sites for hydroxylation is 2. The minimum Gasteiger partial charge on any atom is -0.480 e. The minimum atomic E-state index is -0.939. The molecule has 106 valence electrons. The predicted octanol–water partition coefficient (Wildman–Crippen LogP) is 2.25. The van der Waals surface area contributed by atoms with Gasteiger partial charge in [0.25, 0.3) is 5.91 Å². The Balaban J connectivity index is 1.88. The van der Waals surface area contributed by atoms with E-state index in [1.54, 1.807) is 11.8 Å². The van der Waals surface area contributed by atoms with Crippen LogP contribution in [0.15, 0.2) is 18.2 Å². The molecule has 1 fully saturated rings. The molecule has 3 rings (SSSR count). The molecule has 1 N–H and O–H groups in total. The fourth-order valence-electron chi connectivity index (χ4n) is 2.98. The van der Waals surface area contributed by atoms with Gasteiger partial charge in [0.05, 0.1) is 0 Å². The van der Waals surface area contributed by atoms with Crippen LogP contribution < -0.4 is 0 Å². The first-order valence-electron chi connectivity index (χ1n) is 7.25. The zero-order chi connectivity index (χ0) is 14.3. The second-order valence-corrected chi connectivity index (χ2v) is 5.79. The van der Waals surface area contributed by atoms with Crippen molar-refractivity contribution in [3.63, 3.8) is 0 Å². The van der Waals surface area contributed by atoms with Crippen molar-refractivity contribution >= 4 is 11.9 Å². The molecule has 4 heteroatoms. The molecule has 0 spiro atoms. The maximum absolute atomic E-state index is 12.6. The Morgan fingerprint density at radius 3 is 2.60 bits per heavy atom. The van der Waals surface area contributed by atoms with Gasteiger partial charge >= 0.3 is 5.97 Å². The Morgan fingerprint density at radius 1 is 1.25 bits per heavy atom. The smallest absolute Gasteiger partial charge is 0.326 e. The van der Waals surface area contributed by atoms with E-state index in [2.05, 4.69) is 0 Å². The van der Waals surface area contributed by atoms with Crippen molar-refractivity contribution in [2.75, 3.05) is 0 Å². The Morgan fingerprint density at radius 2 is 1.95 bits per heavy atom. The van der Waals surface area contributed by atoms with Crippen molar-refractivity contribution in [3.05, 3.63) is 34.9 Å². The van der Waals surface area contributed by atoms with E-state index >= 15 is 0 Å². The number of benzene rings is 1. The molecule has 0 bridgehead atoms. The highest BCUT2D eigenvalue weighted by molar-refractivity contribution is 5.97. The normalized spacial score (nSPS) is 18.4. The van der Waals surface area contributed by atoms with Gasteiger partial charge in [-0.3, -0.25) is 4.79 Å². The summed E-state index contributed by atoms with van der Waals surface area (Å²) < 4.78 is 0. The van der Waals surface area contributed by atoms with E-state index in [0.29, 0.717) is 5.56 Å². The van der Waals surface area contributed by atoms with Crippen LogP contribution in [0.25, 0.3) is 0 Å². The van der Waals surface area contributed by atoms with E-state index in [-0.39, 0.29) is 11.9 Å². The number of carbonyl (C=O) groups is 2. The summed E-state index contributed by atoms with van der Waals surface area (Å²) >= 11 is 0. The van der Waals surface area contributed by atoms with Crippen molar-refractivity contribution in [2.24, 2.45) is 0 Å². The van der Waals surface area contributed by atoms with Gasteiger partial charge in [-0.1, -0.05) is 6.07 Å². The highest BCUT2D eigenvalue weighted by Crippen LogP contribution is 2.31. The number of nitrogens with zero attached hydrogens (tertiary/aromatic N) is 1. The second-order valence-electron chi connectivity index (χ2n) is 5.79. The number of fused-ring (bicyclic) bond motifs is 1. The second kappa shape index (κ2) is 4.93. The first kappa shape index (κ1) is 13.2. The van der Waals surface area contributed by atoms with Crippen molar-refractivity contribution < 1.29 is 14.7 Å². The molecule has 1 saturated carbocycles. The van der Waals surface area contributed by atoms with Crippen LogP contribution in [0.5, 0.6) is 0 Å². The lowest BCUT2D eigenvalue weighted by Gasteiger charge is -2.26. The fourth-order valence-corrected chi connectivity index (χ4v) is 2.98. The molecule has 0 saturated heterocycles. The molecule has 0 heterocycles. The molecule has 1 aromatic carbocycles. The Kier molecular flexibility index (Phi) is 3.24. The topological polar surface area (TPSA) is 57.6 Å². The molecule has 0 aromatic heterocycles. The van der Waals surface area contributed by atoms with E-state index in [1.807, 2.05) is 18.2 Å². The lowest BCUT2D eigenvalue weighted by Crippen LogP contribution is -2.44. The van der Waals surface area contributed by atoms with Crippen LogP contribution in [0.1, 0.15) is 47.7 Å². The van der Waals surface area contributed by atoms with Crippen LogP contribution in [0.2, 0.25) is 0 Å². The van der Waals surface area contributed by atoms with E-state index in [9.17, 15) is 14.7 Å². The fraction of sp³-hybridized carbons (Fsp3) is 0.500. The van der Waals surface area contributed by atoms with Gasteiger partial charge in [0, 0.05) is 11.6 Å². The number of rotatable bonds is 4. The third-order valence-electron chi connectivity index (χ3n) is 4.29. The first-order chi connectivity index (χ1) is 9.58. The highest BCUT2D eigenvalue weighted by atomic mass is 16.4. The lowest BCUT2D eigenvalue weighted by atomic mass is 10.0. The predicted molar refractivity (Wildman–Crippen MR) is 74.8 cm³/mol. The third-order valence-corrected chi connectivity index (χ3v) is 4.29. The van der Waals surface area contributed by atoms with Crippen LogP contribution in [0.3, 0.4) is 0 Å². The Hall–Kier alpha value is -1.84. The first-order valence-corrected chi connectivity index (χ1v) is 7.25. The number of hydrogen-bond acceptors (Lipinski definition) is 2. The molecule has 2 aliphatic carbocycles. The van der Waals surface area contributed by atoms with Crippen LogP contribution in [0, 0.1) is 0 Å². The molecule has 1 unspecified atom stereocenters. The van der Waals surface area contributed by atoms with Gasteiger partial charge in [-0.05, 0) is 62.3 Å². The molecule has 0 radical (unpaired) electrons. The van der Waals surface area contributed by atoms with Gasteiger partial charge in [0.1, 0.15) is 6.04 Å². The summed E-state index contributed by atoms with van der Waals surface area (Å²) in [7, 11) is 0. The molecular formula is C16H19NO3. The Bertz CT molecular complexity index is 563. The summed E-state index contributed by atoms with van der Waals surface area (Å²) in [6.45, 7) is 1.59. The van der Waals surface area contributed by atoms with Crippen LogP contribution in [-0.4, -0.2) is 34.0 Å². The van der Waals surface area contributed by atoms with E-state index in [0.717, 1.165) is 32.1 Å². The van der Waals surface area contributed by atoms with Gasteiger partial charge in [-0.15, -0.1) is 0 Å². The lowest BCUT2D eigenvalue weighted by molar-refractivity contribution is -0.141. The summed E-state index contributed by atoms with van der Waals surface area (Å²) in [5.74, 6) is -1.08. The van der Waals surface area contributed by atoms with Crippen molar-refractivity contribution in [2.45, 2.75) is 51.1 Å². The molecule has 0 aliphatic heterocycles. The van der Waals surface area contributed by atoms with Gasteiger partial charge in [0.2, 0.25) is 0 Å². The number of amides is 1. The highest BCUT2D eigenvalue weighted by Gasteiger charge is 2.38. The standard InChI is InChI=1S/C16H19NO3/c1-10(16(19)20)17(14-7-8-14)15(18)13-6-5-11-3-2-4-12(11)9-13/h5-6,9-10,14H,2-4,7-8H2,1H3,(H,19,20). The molecule has 4 nitrogen and oxygen atoms in total. The molecule has 1 amide bonds. The van der Waals surface area contributed by atoms with Crippen LogP contribution in [-0.2, 0) is 17.6 Å². The average Bonchev–Trinajstić information content (AvgIpc) is 3.14. The zero-order valence-corrected chi connectivity index (χ0v) is 11.6. The maximum Gasteiger partial charge on any atom is 0.326 e. The van der Waals surface area contributed by atoms with E-state index < -0.39 is 12.0 Å². The molecular weight excluding hydrogens is 254 g/mol. The molecule has 1 atom stereocenters. The van der Waals surface area contributed by atoms with E-state index in [4.69, 9.17) is 0 Å². The number of carboxylic acids is 1. The zero-order valence-electron chi connectivity index (χ0n) is 11.6. The summed E-state index contributed by atoms with van der Waals surface area (Å²) in [6.07, 6.45) is 5.07. The van der Waals surface area contributed by atoms with Gasteiger partial charge in [0.15, 0.2) is 0 Å². The largest absolute Gasteiger partial charge is 0.480 e. The van der Waals surface area contributed by atoms with Gasteiger partial charge in [-0.25, -0.2) is 4.79 Å². The number of hydrogen-bond donors (Lipinski definition) is 1. The van der Waals surface area contributed by atoms with Crippen LogP contribution in [0.4, 0.5) is 0 Å². The van der Waals surface area contributed by atoms with Crippen molar-refractivity contribution in [1.29, 1.82) is 0 Å². The summed E-state index contributed by atoms with van der Waals surface area (Å²) in [6, 6.07) is 5.15. The van der Waals surface area contributed by atoms with Gasteiger partial charge in [-0.2, -0.15) is 0 Å². The van der Waals surface area contributed by atoms with Crippen molar-refractivity contribution in [1.82, 2.24) is 4.90 Å². The van der Waals surface area contributed by atoms with Crippen LogP contribution >= 0.6 is 0 Å². The summed E-state index contributed by atoms with van der Waals surface area (Å²) in [5, 5.41) is 9.19.